The molecule has 1 aliphatic heterocycles. The second-order valence-corrected chi connectivity index (χ2v) is 7.63. The number of nitrogens with zero attached hydrogens (tertiary/aromatic N) is 3. The monoisotopic (exact) mass is 365 g/mol. The maximum atomic E-state index is 11.5. The molecule has 0 saturated heterocycles. The molecule has 0 fully saturated rings. The van der Waals surface area contributed by atoms with Gasteiger partial charge < -0.3 is 10.6 Å². The number of hydrogen-bond acceptors (Lipinski definition) is 7. The molecule has 1 aliphatic rings. The van der Waals surface area contributed by atoms with Crippen LogP contribution < -0.4 is 10.6 Å². The van der Waals surface area contributed by atoms with Gasteiger partial charge in [0.25, 0.3) is 0 Å². The van der Waals surface area contributed by atoms with Crippen LogP contribution in [0.3, 0.4) is 0 Å². The highest BCUT2D eigenvalue weighted by Gasteiger charge is 2.19. The lowest BCUT2D eigenvalue weighted by Gasteiger charge is -2.00. The molecular formula is C17H11N5OS2. The summed E-state index contributed by atoms with van der Waals surface area (Å²) >= 11 is 3.05. The number of carbonyl (C=O) groups excluding carboxylic acids is 1. The first-order valence-electron chi connectivity index (χ1n) is 7.64. The van der Waals surface area contributed by atoms with Crippen molar-refractivity contribution in [3.63, 3.8) is 0 Å². The molecule has 0 aliphatic carbocycles. The number of benzene rings is 2. The number of nitrogens with one attached hydrogen (secondary N) is 2. The smallest absolute Gasteiger partial charge is 0.228 e. The van der Waals surface area contributed by atoms with Crippen molar-refractivity contribution in [1.29, 1.82) is 0 Å². The van der Waals surface area contributed by atoms with E-state index in [0.29, 0.717) is 11.6 Å². The summed E-state index contributed by atoms with van der Waals surface area (Å²) in [5.41, 5.74) is 3.81. The zero-order valence-corrected chi connectivity index (χ0v) is 14.4. The number of amides is 1. The van der Waals surface area contributed by atoms with Gasteiger partial charge in [-0.15, -0.1) is 10.2 Å². The lowest BCUT2D eigenvalue weighted by molar-refractivity contribution is -0.115. The Hall–Kier alpha value is -2.84. The van der Waals surface area contributed by atoms with Crippen LogP contribution >= 0.6 is 22.7 Å². The van der Waals surface area contributed by atoms with E-state index in [9.17, 15) is 4.79 Å². The van der Waals surface area contributed by atoms with Crippen molar-refractivity contribution in [1.82, 2.24) is 15.2 Å². The number of rotatable bonds is 3. The van der Waals surface area contributed by atoms with Gasteiger partial charge in [0, 0.05) is 11.3 Å². The number of carbonyl (C=O) groups is 1. The minimum Gasteiger partial charge on any atom is -0.326 e. The average molecular weight is 365 g/mol. The largest absolute Gasteiger partial charge is 0.326 e. The number of para-hydroxylation sites is 1. The molecule has 2 N–H and O–H groups in total. The highest BCUT2D eigenvalue weighted by Crippen LogP contribution is 2.34. The first kappa shape index (κ1) is 14.5. The Morgan fingerprint density at radius 2 is 1.96 bits per heavy atom. The Balaban J connectivity index is 1.42. The highest BCUT2D eigenvalue weighted by atomic mass is 32.1. The van der Waals surface area contributed by atoms with Crippen LogP contribution in [0.1, 0.15) is 5.56 Å². The van der Waals surface area contributed by atoms with Crippen molar-refractivity contribution in [2.75, 3.05) is 10.6 Å². The van der Waals surface area contributed by atoms with Crippen molar-refractivity contribution in [2.24, 2.45) is 0 Å². The van der Waals surface area contributed by atoms with E-state index in [-0.39, 0.29) is 5.91 Å². The second-order valence-electron chi connectivity index (χ2n) is 5.62. The van der Waals surface area contributed by atoms with Gasteiger partial charge in [-0.3, -0.25) is 4.79 Å². The molecule has 8 heteroatoms. The first-order valence-corrected chi connectivity index (χ1v) is 9.27. The van der Waals surface area contributed by atoms with Crippen LogP contribution in [-0.4, -0.2) is 21.1 Å². The molecule has 2 aromatic heterocycles. The van der Waals surface area contributed by atoms with Crippen molar-refractivity contribution in [3.05, 3.63) is 48.0 Å². The number of hydrogen-bond donors (Lipinski definition) is 2. The highest BCUT2D eigenvalue weighted by molar-refractivity contribution is 7.23. The third-order valence-electron chi connectivity index (χ3n) is 3.91. The first-order chi connectivity index (χ1) is 12.2. The Morgan fingerprint density at radius 1 is 1.04 bits per heavy atom. The van der Waals surface area contributed by atoms with Crippen LogP contribution in [-0.2, 0) is 11.2 Å². The summed E-state index contributed by atoms with van der Waals surface area (Å²) in [6, 6.07) is 13.9. The van der Waals surface area contributed by atoms with E-state index in [2.05, 4.69) is 25.8 Å². The van der Waals surface area contributed by atoms with E-state index >= 15 is 0 Å². The predicted molar refractivity (Wildman–Crippen MR) is 101 cm³/mol. The van der Waals surface area contributed by atoms with Crippen molar-refractivity contribution < 1.29 is 4.79 Å². The Kier molecular flexibility index (Phi) is 3.25. The lowest BCUT2D eigenvalue weighted by Crippen LogP contribution is -2.03. The van der Waals surface area contributed by atoms with Crippen LogP contribution in [0.2, 0.25) is 0 Å². The van der Waals surface area contributed by atoms with E-state index < -0.39 is 0 Å². The van der Waals surface area contributed by atoms with Gasteiger partial charge in [-0.25, -0.2) is 4.98 Å². The minimum absolute atomic E-state index is 0.0302. The van der Waals surface area contributed by atoms with E-state index in [1.165, 1.54) is 11.3 Å². The molecule has 122 valence electrons. The predicted octanol–water partition coefficient (Wildman–Crippen LogP) is 4.05. The van der Waals surface area contributed by atoms with Gasteiger partial charge in [0.05, 0.1) is 16.6 Å². The molecular weight excluding hydrogens is 354 g/mol. The fraction of sp³-hybridized carbons (Fsp3) is 0.0588. The number of anilines is 3. The standard InChI is InChI=1S/C17H11N5OS2/c23-14-8-10-7-9(5-6-11(10)18-14)15-21-22-17(25-15)20-16-19-12-3-1-2-4-13(12)24-16/h1-7H,8H2,(H,18,23)(H,19,20,22). The van der Waals surface area contributed by atoms with E-state index in [1.54, 1.807) is 11.3 Å². The van der Waals surface area contributed by atoms with Gasteiger partial charge in [0.1, 0.15) is 5.01 Å². The fourth-order valence-electron chi connectivity index (χ4n) is 2.77. The fourth-order valence-corrected chi connectivity index (χ4v) is 4.44. The maximum Gasteiger partial charge on any atom is 0.228 e. The second kappa shape index (κ2) is 5.61. The summed E-state index contributed by atoms with van der Waals surface area (Å²) in [5.74, 6) is 0.0302. The molecule has 0 bridgehead atoms. The lowest BCUT2D eigenvalue weighted by atomic mass is 10.1. The molecule has 3 heterocycles. The molecule has 0 spiro atoms. The molecule has 0 saturated carbocycles. The van der Waals surface area contributed by atoms with Crippen LogP contribution in [0.15, 0.2) is 42.5 Å². The van der Waals surface area contributed by atoms with Gasteiger partial charge in [0.2, 0.25) is 11.0 Å². The summed E-state index contributed by atoms with van der Waals surface area (Å²) in [6.45, 7) is 0. The van der Waals surface area contributed by atoms with Gasteiger partial charge in [-0.05, 0) is 35.9 Å². The normalized spacial score (nSPS) is 13.0. The molecule has 1 amide bonds. The van der Waals surface area contributed by atoms with Crippen LogP contribution in [0, 0.1) is 0 Å². The van der Waals surface area contributed by atoms with E-state index in [0.717, 1.165) is 37.2 Å². The van der Waals surface area contributed by atoms with Gasteiger partial charge in [-0.1, -0.05) is 34.8 Å². The third kappa shape index (κ3) is 2.65. The van der Waals surface area contributed by atoms with Gasteiger partial charge >= 0.3 is 0 Å². The van der Waals surface area contributed by atoms with E-state index in [1.807, 2.05) is 42.5 Å². The van der Waals surface area contributed by atoms with Crippen molar-refractivity contribution in [3.8, 4) is 10.6 Å². The van der Waals surface area contributed by atoms with Crippen LogP contribution in [0.4, 0.5) is 16.0 Å². The summed E-state index contributed by atoms with van der Waals surface area (Å²) in [4.78, 5) is 16.0. The number of aromatic nitrogens is 3. The van der Waals surface area contributed by atoms with Crippen molar-refractivity contribution >= 4 is 54.7 Å². The summed E-state index contributed by atoms with van der Waals surface area (Å²) in [6.07, 6.45) is 0.415. The summed E-state index contributed by atoms with van der Waals surface area (Å²) < 4.78 is 1.13. The Bertz CT molecular complexity index is 1080. The Morgan fingerprint density at radius 3 is 2.88 bits per heavy atom. The maximum absolute atomic E-state index is 11.5. The zero-order chi connectivity index (χ0) is 16.8. The molecule has 0 radical (unpaired) electrons. The molecule has 6 nitrogen and oxygen atoms in total. The zero-order valence-electron chi connectivity index (χ0n) is 12.8. The third-order valence-corrected chi connectivity index (χ3v) is 5.75. The van der Waals surface area contributed by atoms with E-state index in [4.69, 9.17) is 0 Å². The quantitative estimate of drug-likeness (QED) is 0.572. The van der Waals surface area contributed by atoms with Crippen LogP contribution in [0.5, 0.6) is 0 Å². The molecule has 5 rings (SSSR count). The molecule has 2 aromatic carbocycles. The molecule has 0 unspecified atom stereocenters. The minimum atomic E-state index is 0.0302. The molecule has 0 atom stereocenters. The summed E-state index contributed by atoms with van der Waals surface area (Å²) in [5, 5.41) is 16.8. The summed E-state index contributed by atoms with van der Waals surface area (Å²) in [7, 11) is 0. The topological polar surface area (TPSA) is 79.8 Å². The number of thiazole rings is 1. The SMILES string of the molecule is O=C1Cc2cc(-c3nnc(Nc4nc5ccccc5s4)s3)ccc2N1. The number of fused-ring (bicyclic) bond motifs is 2. The Labute approximate surface area is 150 Å². The molecule has 25 heavy (non-hydrogen) atoms. The average Bonchev–Trinajstić information content (AvgIpc) is 3.30. The van der Waals surface area contributed by atoms with Gasteiger partial charge in [0.15, 0.2) is 5.13 Å². The molecule has 4 aromatic rings. The van der Waals surface area contributed by atoms with Crippen molar-refractivity contribution in [2.45, 2.75) is 6.42 Å². The van der Waals surface area contributed by atoms with Gasteiger partial charge in [-0.2, -0.15) is 0 Å². The van der Waals surface area contributed by atoms with Crippen LogP contribution in [0.25, 0.3) is 20.8 Å².